The van der Waals surface area contributed by atoms with E-state index in [0.717, 1.165) is 38.3 Å². The van der Waals surface area contributed by atoms with Crippen molar-refractivity contribution in [3.63, 3.8) is 0 Å². The van der Waals surface area contributed by atoms with Gasteiger partial charge in [0.1, 0.15) is 5.82 Å². The van der Waals surface area contributed by atoms with Crippen LogP contribution in [0.4, 0.5) is 4.39 Å². The Morgan fingerprint density at radius 1 is 1.41 bits per heavy atom. The van der Waals surface area contributed by atoms with Crippen LogP contribution in [0.2, 0.25) is 0 Å². The molecule has 0 unspecified atom stereocenters. The molecule has 0 atom stereocenters. The summed E-state index contributed by atoms with van der Waals surface area (Å²) in [6.07, 6.45) is 0. The number of benzene rings is 1. The highest BCUT2D eigenvalue weighted by molar-refractivity contribution is 5.16. The van der Waals surface area contributed by atoms with Crippen molar-refractivity contribution in [1.29, 1.82) is 0 Å². The van der Waals surface area contributed by atoms with E-state index in [1.807, 2.05) is 13.1 Å². The molecule has 0 spiro atoms. The van der Waals surface area contributed by atoms with E-state index in [2.05, 4.69) is 15.5 Å². The molecule has 2 N–H and O–H groups in total. The molecule has 0 aliphatic carbocycles. The Balaban J connectivity index is 1.64. The summed E-state index contributed by atoms with van der Waals surface area (Å²) >= 11 is 0. The Morgan fingerprint density at radius 2 is 2.24 bits per heavy atom. The topological polar surface area (TPSA) is 27.3 Å². The Hall–Kier alpha value is -0.970. The van der Waals surface area contributed by atoms with E-state index in [1.54, 1.807) is 12.1 Å². The van der Waals surface area contributed by atoms with E-state index < -0.39 is 0 Å². The van der Waals surface area contributed by atoms with Gasteiger partial charge in [0.15, 0.2) is 0 Å². The lowest BCUT2D eigenvalue weighted by Gasteiger charge is -2.39. The van der Waals surface area contributed by atoms with Gasteiger partial charge in [-0.1, -0.05) is 12.1 Å². The second kappa shape index (κ2) is 6.10. The Bertz CT molecular complexity index is 350. The molecule has 0 radical (unpaired) electrons. The molecule has 1 aliphatic rings. The molecule has 1 saturated heterocycles. The molecule has 0 bridgehead atoms. The van der Waals surface area contributed by atoms with Gasteiger partial charge in [-0.15, -0.1) is 0 Å². The van der Waals surface area contributed by atoms with E-state index in [4.69, 9.17) is 0 Å². The standard InChI is InChI=1S/C13H20FN3/c1-15-5-6-17-9-13(10-17)16-8-11-3-2-4-12(14)7-11/h2-4,7,13,15-16H,5-6,8-10H2,1H3. The fraction of sp³-hybridized carbons (Fsp3) is 0.538. The minimum absolute atomic E-state index is 0.159. The zero-order valence-corrected chi connectivity index (χ0v) is 10.2. The van der Waals surface area contributed by atoms with Gasteiger partial charge >= 0.3 is 0 Å². The Labute approximate surface area is 102 Å². The van der Waals surface area contributed by atoms with Gasteiger partial charge in [0.05, 0.1) is 0 Å². The lowest BCUT2D eigenvalue weighted by Crippen LogP contribution is -2.58. The van der Waals surface area contributed by atoms with Crippen LogP contribution in [0, 0.1) is 5.82 Å². The predicted molar refractivity (Wildman–Crippen MR) is 67.4 cm³/mol. The Morgan fingerprint density at radius 3 is 2.94 bits per heavy atom. The molecule has 1 aromatic rings. The first-order chi connectivity index (χ1) is 8.28. The van der Waals surface area contributed by atoms with Crippen molar-refractivity contribution in [3.8, 4) is 0 Å². The van der Waals surface area contributed by atoms with Gasteiger partial charge in [0.25, 0.3) is 0 Å². The van der Waals surface area contributed by atoms with Crippen molar-refractivity contribution >= 4 is 0 Å². The lowest BCUT2D eigenvalue weighted by atomic mass is 10.1. The average Bonchev–Trinajstić information content (AvgIpc) is 2.26. The van der Waals surface area contributed by atoms with Crippen LogP contribution < -0.4 is 10.6 Å². The van der Waals surface area contributed by atoms with Crippen LogP contribution in [0.5, 0.6) is 0 Å². The second-order valence-electron chi connectivity index (χ2n) is 4.57. The van der Waals surface area contributed by atoms with Gasteiger partial charge in [-0.3, -0.25) is 4.90 Å². The number of rotatable bonds is 6. The molecule has 0 amide bonds. The van der Waals surface area contributed by atoms with E-state index in [9.17, 15) is 4.39 Å². The highest BCUT2D eigenvalue weighted by atomic mass is 19.1. The zero-order chi connectivity index (χ0) is 12.1. The summed E-state index contributed by atoms with van der Waals surface area (Å²) in [6.45, 7) is 5.08. The molecule has 17 heavy (non-hydrogen) atoms. The monoisotopic (exact) mass is 237 g/mol. The van der Waals surface area contributed by atoms with Crippen LogP contribution in [0.1, 0.15) is 5.56 Å². The summed E-state index contributed by atoms with van der Waals surface area (Å²) < 4.78 is 12.9. The van der Waals surface area contributed by atoms with Crippen LogP contribution in [-0.4, -0.2) is 44.2 Å². The Kier molecular flexibility index (Phi) is 4.48. The maximum absolute atomic E-state index is 12.9. The van der Waals surface area contributed by atoms with E-state index >= 15 is 0 Å². The third kappa shape index (κ3) is 3.77. The van der Waals surface area contributed by atoms with Gasteiger partial charge in [-0.2, -0.15) is 0 Å². The van der Waals surface area contributed by atoms with Crippen molar-refractivity contribution in [1.82, 2.24) is 15.5 Å². The quantitative estimate of drug-likeness (QED) is 0.767. The summed E-state index contributed by atoms with van der Waals surface area (Å²) in [7, 11) is 1.97. The minimum atomic E-state index is -0.159. The molecule has 0 saturated carbocycles. The van der Waals surface area contributed by atoms with E-state index in [-0.39, 0.29) is 5.82 Å². The van der Waals surface area contributed by atoms with Gasteiger partial charge in [-0.05, 0) is 24.7 Å². The summed E-state index contributed by atoms with van der Waals surface area (Å²) in [6, 6.07) is 7.33. The second-order valence-corrected chi connectivity index (χ2v) is 4.57. The molecule has 2 rings (SSSR count). The molecule has 1 heterocycles. The van der Waals surface area contributed by atoms with Crippen molar-refractivity contribution in [2.45, 2.75) is 12.6 Å². The molecule has 1 aromatic carbocycles. The maximum atomic E-state index is 12.9. The number of likely N-dealkylation sites (N-methyl/N-ethyl adjacent to an activating group) is 1. The van der Waals surface area contributed by atoms with Crippen molar-refractivity contribution in [3.05, 3.63) is 35.6 Å². The van der Waals surface area contributed by atoms with Gasteiger partial charge in [0, 0.05) is 38.8 Å². The number of hydrogen-bond acceptors (Lipinski definition) is 3. The van der Waals surface area contributed by atoms with Crippen molar-refractivity contribution in [2.24, 2.45) is 0 Å². The van der Waals surface area contributed by atoms with Crippen LogP contribution in [-0.2, 0) is 6.54 Å². The number of halogens is 1. The van der Waals surface area contributed by atoms with Gasteiger partial charge in [-0.25, -0.2) is 4.39 Å². The fourth-order valence-electron chi connectivity index (χ4n) is 2.06. The summed E-state index contributed by atoms with van der Waals surface area (Å²) in [4.78, 5) is 2.40. The normalized spacial score (nSPS) is 17.1. The predicted octanol–water partition coefficient (Wildman–Crippen LogP) is 0.819. The molecule has 3 nitrogen and oxygen atoms in total. The summed E-state index contributed by atoms with van der Waals surface area (Å²) in [5, 5.41) is 6.58. The van der Waals surface area contributed by atoms with Crippen LogP contribution in [0.3, 0.4) is 0 Å². The first-order valence-corrected chi connectivity index (χ1v) is 6.12. The smallest absolute Gasteiger partial charge is 0.123 e. The third-order valence-electron chi connectivity index (χ3n) is 3.12. The zero-order valence-electron chi connectivity index (χ0n) is 10.2. The maximum Gasteiger partial charge on any atom is 0.123 e. The molecule has 0 aromatic heterocycles. The molecular weight excluding hydrogens is 217 g/mol. The first-order valence-electron chi connectivity index (χ1n) is 6.12. The lowest BCUT2D eigenvalue weighted by molar-refractivity contribution is 0.127. The molecule has 1 aliphatic heterocycles. The number of hydrogen-bond donors (Lipinski definition) is 2. The molecule has 4 heteroatoms. The van der Waals surface area contributed by atoms with E-state index in [1.165, 1.54) is 6.07 Å². The minimum Gasteiger partial charge on any atom is -0.318 e. The highest BCUT2D eigenvalue weighted by Gasteiger charge is 2.24. The van der Waals surface area contributed by atoms with Crippen LogP contribution in [0.15, 0.2) is 24.3 Å². The average molecular weight is 237 g/mol. The fourth-order valence-corrected chi connectivity index (χ4v) is 2.06. The number of nitrogens with zero attached hydrogens (tertiary/aromatic N) is 1. The largest absolute Gasteiger partial charge is 0.318 e. The molecular formula is C13H20FN3. The molecule has 1 fully saturated rings. The SMILES string of the molecule is CNCCN1CC(NCc2cccc(F)c2)C1. The molecule has 94 valence electrons. The third-order valence-corrected chi connectivity index (χ3v) is 3.12. The number of nitrogens with one attached hydrogen (secondary N) is 2. The number of likely N-dealkylation sites (tertiary alicyclic amines) is 1. The highest BCUT2D eigenvalue weighted by Crippen LogP contribution is 2.08. The summed E-state index contributed by atoms with van der Waals surface area (Å²) in [5.74, 6) is -0.159. The van der Waals surface area contributed by atoms with Gasteiger partial charge in [0.2, 0.25) is 0 Å². The van der Waals surface area contributed by atoms with Crippen molar-refractivity contribution < 1.29 is 4.39 Å². The van der Waals surface area contributed by atoms with Gasteiger partial charge < -0.3 is 10.6 Å². The first kappa shape index (κ1) is 12.5. The van der Waals surface area contributed by atoms with Crippen molar-refractivity contribution in [2.75, 3.05) is 33.2 Å². The van der Waals surface area contributed by atoms with E-state index in [0.29, 0.717) is 6.04 Å². The van der Waals surface area contributed by atoms with Crippen LogP contribution >= 0.6 is 0 Å². The summed E-state index contributed by atoms with van der Waals surface area (Å²) in [5.41, 5.74) is 1.01. The van der Waals surface area contributed by atoms with Crippen LogP contribution in [0.25, 0.3) is 0 Å².